The van der Waals surface area contributed by atoms with Gasteiger partial charge in [0, 0.05) is 18.2 Å². The van der Waals surface area contributed by atoms with E-state index in [2.05, 4.69) is 15.2 Å². The highest BCUT2D eigenvalue weighted by atomic mass is 19.4. The Labute approximate surface area is 162 Å². The molecule has 0 aliphatic heterocycles. The van der Waals surface area contributed by atoms with Crippen molar-refractivity contribution in [3.63, 3.8) is 0 Å². The third kappa shape index (κ3) is 4.21. The first-order chi connectivity index (χ1) is 13.7. The van der Waals surface area contributed by atoms with E-state index >= 15 is 0 Å². The fraction of sp³-hybridized carbons (Fsp3) is 0.105. The van der Waals surface area contributed by atoms with Gasteiger partial charge >= 0.3 is 6.36 Å². The van der Waals surface area contributed by atoms with Crippen molar-refractivity contribution >= 4 is 5.91 Å². The zero-order valence-corrected chi connectivity index (χ0v) is 14.9. The highest BCUT2D eigenvalue weighted by molar-refractivity contribution is 5.92. The van der Waals surface area contributed by atoms with Crippen LogP contribution in [-0.4, -0.2) is 34.2 Å². The highest BCUT2D eigenvalue weighted by Gasteiger charge is 2.32. The number of carbonyl (C=O) groups is 1. The SMILES string of the molecule is CNC(=O)c1nn(-c2ccccc2-c2ccccc2OC(F)(F)F)cc(O)c1=O. The van der Waals surface area contributed by atoms with Crippen molar-refractivity contribution in [1.29, 1.82) is 0 Å². The van der Waals surface area contributed by atoms with Crippen LogP contribution in [0.5, 0.6) is 11.5 Å². The summed E-state index contributed by atoms with van der Waals surface area (Å²) < 4.78 is 43.5. The molecule has 1 aromatic heterocycles. The molecule has 0 atom stereocenters. The maximum absolute atomic E-state index is 12.8. The van der Waals surface area contributed by atoms with Crippen molar-refractivity contribution in [3.05, 3.63) is 70.6 Å². The number of benzene rings is 2. The van der Waals surface area contributed by atoms with Gasteiger partial charge in [0.2, 0.25) is 0 Å². The van der Waals surface area contributed by atoms with Crippen LogP contribution in [0.4, 0.5) is 13.2 Å². The van der Waals surface area contributed by atoms with Crippen LogP contribution >= 0.6 is 0 Å². The van der Waals surface area contributed by atoms with Gasteiger partial charge in [-0.25, -0.2) is 4.68 Å². The van der Waals surface area contributed by atoms with E-state index in [1.807, 2.05) is 0 Å². The van der Waals surface area contributed by atoms with E-state index in [-0.39, 0.29) is 16.8 Å². The average molecular weight is 405 g/mol. The van der Waals surface area contributed by atoms with Gasteiger partial charge in [-0.15, -0.1) is 13.2 Å². The number of amides is 1. The molecule has 0 saturated heterocycles. The molecule has 1 heterocycles. The Balaban J connectivity index is 2.22. The molecule has 0 unspecified atom stereocenters. The Morgan fingerprint density at radius 2 is 1.72 bits per heavy atom. The van der Waals surface area contributed by atoms with Gasteiger partial charge in [-0.1, -0.05) is 36.4 Å². The van der Waals surface area contributed by atoms with E-state index in [4.69, 9.17) is 0 Å². The van der Waals surface area contributed by atoms with Gasteiger partial charge in [-0.2, -0.15) is 5.10 Å². The molecule has 7 nitrogen and oxygen atoms in total. The normalized spacial score (nSPS) is 11.2. The number of hydrogen-bond donors (Lipinski definition) is 2. The molecule has 150 valence electrons. The van der Waals surface area contributed by atoms with Crippen LogP contribution in [0.2, 0.25) is 0 Å². The van der Waals surface area contributed by atoms with Crippen molar-refractivity contribution in [3.8, 4) is 28.3 Å². The van der Waals surface area contributed by atoms with Gasteiger partial charge in [0.05, 0.1) is 11.9 Å². The second-order valence-electron chi connectivity index (χ2n) is 5.78. The van der Waals surface area contributed by atoms with Crippen LogP contribution in [0.25, 0.3) is 16.8 Å². The van der Waals surface area contributed by atoms with Crippen molar-refractivity contribution in [1.82, 2.24) is 15.1 Å². The number of carbonyl (C=O) groups excluding carboxylic acids is 1. The van der Waals surface area contributed by atoms with Gasteiger partial charge in [-0.05, 0) is 12.1 Å². The zero-order valence-electron chi connectivity index (χ0n) is 14.9. The van der Waals surface area contributed by atoms with Gasteiger partial charge in [0.15, 0.2) is 11.4 Å². The predicted molar refractivity (Wildman–Crippen MR) is 97.0 cm³/mol. The summed E-state index contributed by atoms with van der Waals surface area (Å²) in [4.78, 5) is 23.9. The summed E-state index contributed by atoms with van der Waals surface area (Å²) in [5, 5.41) is 16.1. The second kappa shape index (κ2) is 7.66. The molecular weight excluding hydrogens is 391 g/mol. The van der Waals surface area contributed by atoms with Crippen molar-refractivity contribution < 1.29 is 27.8 Å². The summed E-state index contributed by atoms with van der Waals surface area (Å²) in [5.41, 5.74) is -0.958. The third-order valence-corrected chi connectivity index (χ3v) is 3.90. The molecule has 0 saturated carbocycles. The van der Waals surface area contributed by atoms with Crippen LogP contribution in [0.1, 0.15) is 10.5 Å². The zero-order chi connectivity index (χ0) is 21.2. The molecule has 2 N–H and O–H groups in total. The predicted octanol–water partition coefficient (Wildman–Crippen LogP) is 2.86. The number of aromatic hydroxyl groups is 1. The maximum Gasteiger partial charge on any atom is 0.573 e. The number of ether oxygens (including phenoxy) is 1. The number of para-hydroxylation sites is 2. The van der Waals surface area contributed by atoms with Gasteiger partial charge in [-0.3, -0.25) is 9.59 Å². The number of alkyl halides is 3. The van der Waals surface area contributed by atoms with Crippen molar-refractivity contribution in [2.75, 3.05) is 7.05 Å². The Kier molecular flexibility index (Phi) is 5.26. The largest absolute Gasteiger partial charge is 0.573 e. The van der Waals surface area contributed by atoms with Crippen LogP contribution in [0.3, 0.4) is 0 Å². The Morgan fingerprint density at radius 3 is 2.38 bits per heavy atom. The lowest BCUT2D eigenvalue weighted by molar-refractivity contribution is -0.274. The summed E-state index contributed by atoms with van der Waals surface area (Å²) in [7, 11) is 1.29. The molecule has 3 rings (SSSR count). The van der Waals surface area contributed by atoms with E-state index < -0.39 is 34.9 Å². The number of aromatic nitrogens is 2. The molecule has 0 aliphatic rings. The molecule has 29 heavy (non-hydrogen) atoms. The lowest BCUT2D eigenvalue weighted by atomic mass is 10.0. The van der Waals surface area contributed by atoms with Crippen LogP contribution < -0.4 is 15.5 Å². The average Bonchev–Trinajstić information content (AvgIpc) is 2.68. The Morgan fingerprint density at radius 1 is 1.10 bits per heavy atom. The van der Waals surface area contributed by atoms with E-state index in [9.17, 15) is 27.9 Å². The first kappa shape index (κ1) is 19.9. The number of halogens is 3. The topological polar surface area (TPSA) is 93.5 Å². The van der Waals surface area contributed by atoms with E-state index in [1.54, 1.807) is 12.1 Å². The lowest BCUT2D eigenvalue weighted by Crippen LogP contribution is -2.29. The smallest absolute Gasteiger partial charge is 0.503 e. The molecular formula is C19H14F3N3O4. The summed E-state index contributed by atoms with van der Waals surface area (Å²) in [6, 6.07) is 11.7. The number of hydrogen-bond acceptors (Lipinski definition) is 5. The minimum absolute atomic E-state index is 0.0990. The number of nitrogens with zero attached hydrogens (tertiary/aromatic N) is 2. The van der Waals surface area contributed by atoms with E-state index in [0.29, 0.717) is 0 Å². The van der Waals surface area contributed by atoms with Crippen molar-refractivity contribution in [2.45, 2.75) is 6.36 Å². The molecule has 2 aromatic carbocycles. The van der Waals surface area contributed by atoms with Gasteiger partial charge in [0.1, 0.15) is 5.75 Å². The third-order valence-electron chi connectivity index (χ3n) is 3.90. The first-order valence-corrected chi connectivity index (χ1v) is 8.21. The molecule has 10 heteroatoms. The summed E-state index contributed by atoms with van der Waals surface area (Å²) in [5.74, 6) is -2.00. The summed E-state index contributed by atoms with van der Waals surface area (Å²) in [6.07, 6.45) is -3.92. The van der Waals surface area contributed by atoms with Crippen LogP contribution in [0.15, 0.2) is 59.5 Å². The highest BCUT2D eigenvalue weighted by Crippen LogP contribution is 2.36. The second-order valence-corrected chi connectivity index (χ2v) is 5.78. The van der Waals surface area contributed by atoms with Crippen LogP contribution in [0, 0.1) is 0 Å². The standard InChI is InChI=1S/C19H14F3N3O4/c1-23-18(28)16-17(27)14(26)10-25(24-16)13-8-4-2-6-11(13)12-7-3-5-9-15(12)29-19(20,21)22/h2-10,26H,1H3,(H,23,28). The van der Waals surface area contributed by atoms with Crippen molar-refractivity contribution in [2.24, 2.45) is 0 Å². The lowest BCUT2D eigenvalue weighted by Gasteiger charge is -2.17. The number of rotatable bonds is 4. The van der Waals surface area contributed by atoms with Gasteiger partial charge in [0.25, 0.3) is 11.3 Å². The molecule has 0 radical (unpaired) electrons. The van der Waals surface area contributed by atoms with Gasteiger partial charge < -0.3 is 15.2 Å². The molecule has 0 bridgehead atoms. The molecule has 0 fully saturated rings. The Hall–Kier alpha value is -3.82. The Bertz CT molecular complexity index is 1130. The van der Waals surface area contributed by atoms with Crippen LogP contribution in [-0.2, 0) is 0 Å². The fourth-order valence-electron chi connectivity index (χ4n) is 2.67. The molecule has 1 amide bonds. The quantitative estimate of drug-likeness (QED) is 0.696. The number of nitrogens with one attached hydrogen (secondary N) is 1. The molecule has 3 aromatic rings. The fourth-order valence-corrected chi connectivity index (χ4v) is 2.67. The van der Waals surface area contributed by atoms with E-state index in [0.717, 1.165) is 16.9 Å². The maximum atomic E-state index is 12.8. The minimum Gasteiger partial charge on any atom is -0.503 e. The molecule has 0 aliphatic carbocycles. The molecule has 0 spiro atoms. The summed E-state index contributed by atoms with van der Waals surface area (Å²) >= 11 is 0. The first-order valence-electron chi connectivity index (χ1n) is 8.21. The van der Waals surface area contributed by atoms with E-state index in [1.165, 1.54) is 37.4 Å². The minimum atomic E-state index is -4.90. The monoisotopic (exact) mass is 405 g/mol. The summed E-state index contributed by atoms with van der Waals surface area (Å²) in [6.45, 7) is 0.